The number of likely N-dealkylation sites (tertiary alicyclic amines) is 1. The SMILES string of the molecule is CC(C)(C)[C@H](N)C(=O)NC1CCN(Cc2ccc(F)cc2)CC1. The van der Waals surface area contributed by atoms with E-state index in [-0.39, 0.29) is 23.2 Å². The fourth-order valence-corrected chi connectivity index (χ4v) is 2.77. The molecule has 1 fully saturated rings. The average molecular weight is 321 g/mol. The van der Waals surface area contributed by atoms with E-state index in [2.05, 4.69) is 10.2 Å². The predicted molar refractivity (Wildman–Crippen MR) is 90.3 cm³/mol. The van der Waals surface area contributed by atoms with Gasteiger partial charge < -0.3 is 11.1 Å². The smallest absolute Gasteiger partial charge is 0.237 e. The molecular formula is C18H28FN3O. The first-order chi connectivity index (χ1) is 10.8. The zero-order valence-corrected chi connectivity index (χ0v) is 14.3. The lowest BCUT2D eigenvalue weighted by Gasteiger charge is -2.34. The maximum absolute atomic E-state index is 12.9. The van der Waals surface area contributed by atoms with Crippen LogP contribution < -0.4 is 11.1 Å². The number of halogens is 1. The molecule has 1 saturated heterocycles. The Labute approximate surface area is 138 Å². The van der Waals surface area contributed by atoms with Crippen molar-refractivity contribution in [2.45, 2.75) is 52.2 Å². The normalized spacial score (nSPS) is 18.7. The summed E-state index contributed by atoms with van der Waals surface area (Å²) >= 11 is 0. The molecule has 2 rings (SSSR count). The van der Waals surface area contributed by atoms with Crippen LogP contribution >= 0.6 is 0 Å². The van der Waals surface area contributed by atoms with Gasteiger partial charge in [-0.1, -0.05) is 32.9 Å². The molecule has 1 atom stereocenters. The van der Waals surface area contributed by atoms with Crippen LogP contribution in [0.1, 0.15) is 39.2 Å². The van der Waals surface area contributed by atoms with Crippen molar-refractivity contribution in [2.75, 3.05) is 13.1 Å². The van der Waals surface area contributed by atoms with E-state index >= 15 is 0 Å². The van der Waals surface area contributed by atoms with Crippen LogP contribution in [0.15, 0.2) is 24.3 Å². The summed E-state index contributed by atoms with van der Waals surface area (Å²) in [5.74, 6) is -0.264. The number of nitrogens with one attached hydrogen (secondary N) is 1. The van der Waals surface area contributed by atoms with Gasteiger partial charge in [-0.3, -0.25) is 9.69 Å². The van der Waals surface area contributed by atoms with Gasteiger partial charge in [0.25, 0.3) is 0 Å². The second kappa shape index (κ2) is 7.41. The second-order valence-corrected chi connectivity index (χ2v) is 7.53. The third kappa shape index (κ3) is 5.29. The van der Waals surface area contributed by atoms with Gasteiger partial charge in [0, 0.05) is 25.7 Å². The standard InChI is InChI=1S/C18H28FN3O/c1-18(2,3)16(20)17(23)21-15-8-10-22(11-9-15)12-13-4-6-14(19)7-5-13/h4-7,15-16H,8-12,20H2,1-3H3,(H,21,23)/t16-/m1/s1. The minimum atomic E-state index is -0.486. The highest BCUT2D eigenvalue weighted by Gasteiger charge is 2.29. The number of carbonyl (C=O) groups is 1. The van der Waals surface area contributed by atoms with Crippen molar-refractivity contribution < 1.29 is 9.18 Å². The number of piperidine rings is 1. The Morgan fingerprint density at radius 1 is 1.30 bits per heavy atom. The van der Waals surface area contributed by atoms with Gasteiger partial charge >= 0.3 is 0 Å². The van der Waals surface area contributed by atoms with E-state index in [0.717, 1.165) is 38.0 Å². The van der Waals surface area contributed by atoms with Crippen LogP contribution in [0.5, 0.6) is 0 Å². The molecule has 1 heterocycles. The average Bonchev–Trinajstić information content (AvgIpc) is 2.50. The molecule has 1 aromatic carbocycles. The molecule has 1 aliphatic heterocycles. The molecule has 0 radical (unpaired) electrons. The molecule has 4 nitrogen and oxygen atoms in total. The first kappa shape index (κ1) is 17.9. The summed E-state index contributed by atoms with van der Waals surface area (Å²) in [6, 6.07) is 6.35. The Morgan fingerprint density at radius 3 is 2.39 bits per heavy atom. The van der Waals surface area contributed by atoms with E-state index in [1.165, 1.54) is 12.1 Å². The summed E-state index contributed by atoms with van der Waals surface area (Å²) in [5.41, 5.74) is 6.89. The van der Waals surface area contributed by atoms with E-state index < -0.39 is 6.04 Å². The predicted octanol–water partition coefficient (Wildman–Crippen LogP) is 2.28. The fraction of sp³-hybridized carbons (Fsp3) is 0.611. The summed E-state index contributed by atoms with van der Waals surface area (Å²) in [4.78, 5) is 14.5. The van der Waals surface area contributed by atoms with Crippen molar-refractivity contribution in [1.29, 1.82) is 0 Å². The molecule has 5 heteroatoms. The molecule has 1 aliphatic rings. The highest BCUT2D eigenvalue weighted by atomic mass is 19.1. The number of nitrogens with zero attached hydrogens (tertiary/aromatic N) is 1. The molecule has 1 amide bonds. The van der Waals surface area contributed by atoms with E-state index in [4.69, 9.17) is 5.73 Å². The number of carbonyl (C=O) groups excluding carboxylic acids is 1. The number of nitrogens with two attached hydrogens (primary N) is 1. The first-order valence-corrected chi connectivity index (χ1v) is 8.28. The van der Waals surface area contributed by atoms with Crippen molar-refractivity contribution in [2.24, 2.45) is 11.1 Å². The van der Waals surface area contributed by atoms with Crippen LogP contribution in [0.25, 0.3) is 0 Å². The maximum atomic E-state index is 12.9. The number of benzene rings is 1. The molecule has 3 N–H and O–H groups in total. The highest BCUT2D eigenvalue weighted by Crippen LogP contribution is 2.19. The van der Waals surface area contributed by atoms with Crippen molar-refractivity contribution in [1.82, 2.24) is 10.2 Å². The number of rotatable bonds is 4. The third-order valence-electron chi connectivity index (χ3n) is 4.47. The topological polar surface area (TPSA) is 58.4 Å². The molecule has 0 unspecified atom stereocenters. The highest BCUT2D eigenvalue weighted by molar-refractivity contribution is 5.82. The van der Waals surface area contributed by atoms with Crippen molar-refractivity contribution in [3.05, 3.63) is 35.6 Å². The van der Waals surface area contributed by atoms with Gasteiger partial charge in [-0.25, -0.2) is 4.39 Å². The van der Waals surface area contributed by atoms with Crippen LogP contribution in [0.4, 0.5) is 4.39 Å². The van der Waals surface area contributed by atoms with Crippen LogP contribution in [0.3, 0.4) is 0 Å². The summed E-state index contributed by atoms with van der Waals surface area (Å²) in [6.07, 6.45) is 1.84. The largest absolute Gasteiger partial charge is 0.352 e. The summed E-state index contributed by atoms with van der Waals surface area (Å²) in [5, 5.41) is 3.08. The van der Waals surface area contributed by atoms with Crippen molar-refractivity contribution in [3.8, 4) is 0 Å². The number of hydrogen-bond acceptors (Lipinski definition) is 3. The molecule has 128 valence electrons. The van der Waals surface area contributed by atoms with Gasteiger partial charge in [0.2, 0.25) is 5.91 Å². The summed E-state index contributed by atoms with van der Waals surface area (Å²) in [7, 11) is 0. The lowest BCUT2D eigenvalue weighted by atomic mass is 9.86. The summed E-state index contributed by atoms with van der Waals surface area (Å²) in [6.45, 7) is 8.59. The Balaban J connectivity index is 1.77. The van der Waals surface area contributed by atoms with E-state index in [1.54, 1.807) is 0 Å². The zero-order chi connectivity index (χ0) is 17.0. The second-order valence-electron chi connectivity index (χ2n) is 7.53. The van der Waals surface area contributed by atoms with E-state index in [9.17, 15) is 9.18 Å². The molecule has 0 saturated carbocycles. The quantitative estimate of drug-likeness (QED) is 0.894. The van der Waals surface area contributed by atoms with Crippen molar-refractivity contribution in [3.63, 3.8) is 0 Å². The van der Waals surface area contributed by atoms with E-state index in [0.29, 0.717) is 0 Å². The first-order valence-electron chi connectivity index (χ1n) is 8.28. The molecule has 0 bridgehead atoms. The molecule has 1 aromatic rings. The Morgan fingerprint density at radius 2 is 1.87 bits per heavy atom. The molecule has 0 aromatic heterocycles. The van der Waals surface area contributed by atoms with Gasteiger partial charge in [-0.2, -0.15) is 0 Å². The van der Waals surface area contributed by atoms with Gasteiger partial charge in [0.15, 0.2) is 0 Å². The van der Waals surface area contributed by atoms with Crippen LogP contribution in [0.2, 0.25) is 0 Å². The molecule has 0 spiro atoms. The van der Waals surface area contributed by atoms with Gasteiger partial charge in [0.05, 0.1) is 6.04 Å². The fourth-order valence-electron chi connectivity index (χ4n) is 2.77. The van der Waals surface area contributed by atoms with Crippen LogP contribution in [-0.4, -0.2) is 36.0 Å². The lowest BCUT2D eigenvalue weighted by Crippen LogP contribution is -2.53. The Bertz CT molecular complexity index is 516. The molecule has 0 aliphatic carbocycles. The summed E-state index contributed by atoms with van der Waals surface area (Å²) < 4.78 is 12.9. The number of amides is 1. The zero-order valence-electron chi connectivity index (χ0n) is 14.3. The van der Waals surface area contributed by atoms with Gasteiger partial charge in [0.1, 0.15) is 5.82 Å². The van der Waals surface area contributed by atoms with Crippen molar-refractivity contribution >= 4 is 5.91 Å². The van der Waals surface area contributed by atoms with E-state index in [1.807, 2.05) is 32.9 Å². The molecule has 23 heavy (non-hydrogen) atoms. The Kier molecular flexibility index (Phi) is 5.76. The Hall–Kier alpha value is -1.46. The third-order valence-corrected chi connectivity index (χ3v) is 4.47. The number of hydrogen-bond donors (Lipinski definition) is 2. The molecular weight excluding hydrogens is 293 g/mol. The minimum Gasteiger partial charge on any atom is -0.352 e. The lowest BCUT2D eigenvalue weighted by molar-refractivity contribution is -0.125. The van der Waals surface area contributed by atoms with Crippen LogP contribution in [-0.2, 0) is 11.3 Å². The monoisotopic (exact) mass is 321 g/mol. The minimum absolute atomic E-state index is 0.0607. The van der Waals surface area contributed by atoms with Crippen LogP contribution in [0, 0.1) is 11.2 Å². The maximum Gasteiger partial charge on any atom is 0.237 e. The van der Waals surface area contributed by atoms with Gasteiger partial charge in [-0.15, -0.1) is 0 Å². The van der Waals surface area contributed by atoms with Gasteiger partial charge in [-0.05, 0) is 36.0 Å².